The van der Waals surface area contributed by atoms with Crippen molar-refractivity contribution in [1.82, 2.24) is 25.2 Å². The van der Waals surface area contributed by atoms with Crippen molar-refractivity contribution in [2.45, 2.75) is 37.5 Å². The Morgan fingerprint density at radius 1 is 1.13 bits per heavy atom. The Labute approximate surface area is 245 Å². The molecule has 0 bridgehead atoms. The molecule has 1 aromatic carbocycles. The van der Waals surface area contributed by atoms with Crippen LogP contribution in [0.15, 0.2) is 54.9 Å². The van der Waals surface area contributed by atoms with Crippen LogP contribution in [0.2, 0.25) is 0 Å². The summed E-state index contributed by atoms with van der Waals surface area (Å²) in [6.45, 7) is 2.15. The molecule has 0 amide bonds. The number of carbonyl (C=O) groups is 1. The molecule has 0 aliphatic carbocycles. The number of rotatable bonds is 9. The van der Waals surface area contributed by atoms with Gasteiger partial charge in [0.05, 0.1) is 31.2 Å². The van der Waals surface area contributed by atoms with E-state index in [-0.39, 0.29) is 55.7 Å². The number of ether oxygens (including phenoxy) is 1. The summed E-state index contributed by atoms with van der Waals surface area (Å²) >= 11 is 0. The van der Waals surface area contributed by atoms with E-state index in [9.17, 15) is 15.0 Å². The monoisotopic (exact) mass is 597 g/mol. The Hall–Kier alpha value is -2.66. The predicted molar refractivity (Wildman–Crippen MR) is 159 cm³/mol. The molecule has 3 aromatic heterocycles. The lowest BCUT2D eigenvalue weighted by Gasteiger charge is -2.35. The second kappa shape index (κ2) is 14.6. The number of β-amino-alcohol motifs (C(OH)–C–C–N with tert-alkyl or cyclic N) is 1. The second-order valence-corrected chi connectivity index (χ2v) is 9.36. The number of aromatic amines is 1. The van der Waals surface area contributed by atoms with Crippen LogP contribution in [0.1, 0.15) is 42.7 Å². The number of piperidine rings is 1. The van der Waals surface area contributed by atoms with Crippen LogP contribution in [0, 0.1) is 0 Å². The zero-order valence-electron chi connectivity index (χ0n) is 21.4. The van der Waals surface area contributed by atoms with Crippen LogP contribution in [0.4, 0.5) is 0 Å². The molecule has 0 saturated carbocycles. The molecule has 12 heteroatoms. The van der Waals surface area contributed by atoms with Crippen LogP contribution >= 0.6 is 37.2 Å². The van der Waals surface area contributed by atoms with E-state index in [0.717, 1.165) is 64.9 Å². The molecule has 5 rings (SSSR count). The van der Waals surface area contributed by atoms with Crippen molar-refractivity contribution in [3.63, 3.8) is 0 Å². The summed E-state index contributed by atoms with van der Waals surface area (Å²) in [6, 6.07) is 13.2. The van der Waals surface area contributed by atoms with Crippen molar-refractivity contribution >= 4 is 65.1 Å². The highest BCUT2D eigenvalue weighted by atomic mass is 35.5. The summed E-state index contributed by atoms with van der Waals surface area (Å²) in [4.78, 5) is 25.8. The Bertz CT molecular complexity index is 1330. The number of halogens is 3. The van der Waals surface area contributed by atoms with Crippen LogP contribution in [0.5, 0.6) is 5.75 Å². The van der Waals surface area contributed by atoms with Crippen molar-refractivity contribution in [3.05, 3.63) is 66.1 Å². The summed E-state index contributed by atoms with van der Waals surface area (Å²) in [5.41, 5.74) is 3.26. The Kier molecular flexibility index (Phi) is 12.2. The molecular weight excluding hydrogens is 565 g/mol. The van der Waals surface area contributed by atoms with Gasteiger partial charge in [-0.3, -0.25) is 9.78 Å². The number of aliphatic hydroxyl groups excluding tert-OH is 1. The van der Waals surface area contributed by atoms with E-state index in [1.807, 2.05) is 42.5 Å². The molecule has 4 heterocycles. The molecule has 0 spiro atoms. The van der Waals surface area contributed by atoms with Crippen molar-refractivity contribution < 1.29 is 19.7 Å². The number of aliphatic hydroxyl groups is 1. The van der Waals surface area contributed by atoms with E-state index in [1.54, 1.807) is 19.5 Å². The number of nitrogens with zero attached hydrogens (tertiary/aromatic N) is 3. The maximum Gasteiger partial charge on any atom is 0.305 e. The molecule has 4 N–H and O–H groups in total. The van der Waals surface area contributed by atoms with Crippen molar-refractivity contribution in [1.29, 1.82) is 0 Å². The van der Waals surface area contributed by atoms with Gasteiger partial charge in [0.1, 0.15) is 11.4 Å². The van der Waals surface area contributed by atoms with Gasteiger partial charge in [-0.2, -0.15) is 0 Å². The molecule has 2 atom stereocenters. The fourth-order valence-corrected chi connectivity index (χ4v) is 5.07. The quantitative estimate of drug-likeness (QED) is 0.219. The summed E-state index contributed by atoms with van der Waals surface area (Å²) in [5, 5.41) is 26.0. The van der Waals surface area contributed by atoms with Crippen LogP contribution in [0.3, 0.4) is 0 Å². The lowest BCUT2D eigenvalue weighted by molar-refractivity contribution is -0.137. The normalized spacial score (nSPS) is 15.5. The highest BCUT2D eigenvalue weighted by molar-refractivity contribution is 5.86. The van der Waals surface area contributed by atoms with E-state index in [0.29, 0.717) is 6.54 Å². The maximum absolute atomic E-state index is 11.6. The first-order valence-corrected chi connectivity index (χ1v) is 12.2. The minimum Gasteiger partial charge on any atom is -0.497 e. The molecule has 212 valence electrons. The highest BCUT2D eigenvalue weighted by Gasteiger charge is 2.26. The molecule has 0 radical (unpaired) electrons. The second-order valence-electron chi connectivity index (χ2n) is 9.36. The van der Waals surface area contributed by atoms with Gasteiger partial charge in [0.2, 0.25) is 0 Å². The third-order valence-electron chi connectivity index (χ3n) is 6.96. The molecule has 9 nitrogen and oxygen atoms in total. The number of methoxy groups -OCH3 is 1. The van der Waals surface area contributed by atoms with Gasteiger partial charge in [-0.1, -0.05) is 0 Å². The number of H-pyrrole nitrogens is 1. The minimum atomic E-state index is -0.846. The molecule has 39 heavy (non-hydrogen) atoms. The Morgan fingerprint density at radius 2 is 1.90 bits per heavy atom. The first-order chi connectivity index (χ1) is 17.5. The standard InChI is InChI=1S/C27H31N5O4.3ClH/c1-36-19-4-5-22-21(14-19)20(6-10-28-22)25(33)16-32-11-7-18(8-12-32)30-24(15-26(34)35)23-13-17-3-2-9-29-27(17)31-23;;;/h2-6,9-10,13-14,18,24-25,30,33H,7-8,11-12,15-16H2,1H3,(H,29,31)(H,34,35);3*1H/t24?,25-;;;/m0.../s1. The van der Waals surface area contributed by atoms with Gasteiger partial charge in [-0.05, 0) is 74.0 Å². The van der Waals surface area contributed by atoms with E-state index >= 15 is 0 Å². The Morgan fingerprint density at radius 3 is 2.59 bits per heavy atom. The molecule has 1 unspecified atom stereocenters. The summed E-state index contributed by atoms with van der Waals surface area (Å²) in [6.07, 6.45) is 4.53. The number of fused-ring (bicyclic) bond motifs is 2. The zero-order valence-corrected chi connectivity index (χ0v) is 23.9. The lowest BCUT2D eigenvalue weighted by Crippen LogP contribution is -2.45. The molecule has 1 aliphatic rings. The topological polar surface area (TPSA) is 124 Å². The van der Waals surface area contributed by atoms with E-state index in [2.05, 4.69) is 25.2 Å². The number of aliphatic carboxylic acids is 1. The zero-order chi connectivity index (χ0) is 25.1. The van der Waals surface area contributed by atoms with E-state index in [1.165, 1.54) is 0 Å². The molecule has 1 aliphatic heterocycles. The fourth-order valence-electron chi connectivity index (χ4n) is 5.07. The number of likely N-dealkylation sites (tertiary alicyclic amines) is 1. The molecule has 4 aromatic rings. The van der Waals surface area contributed by atoms with Gasteiger partial charge in [0.25, 0.3) is 0 Å². The first-order valence-electron chi connectivity index (χ1n) is 12.2. The van der Waals surface area contributed by atoms with Crippen molar-refractivity contribution in [2.75, 3.05) is 26.7 Å². The number of benzene rings is 1. The molecule has 1 saturated heterocycles. The predicted octanol–water partition coefficient (Wildman–Crippen LogP) is 4.69. The summed E-state index contributed by atoms with van der Waals surface area (Å²) < 4.78 is 5.35. The van der Waals surface area contributed by atoms with Gasteiger partial charge in [-0.15, -0.1) is 37.2 Å². The summed E-state index contributed by atoms with van der Waals surface area (Å²) in [7, 11) is 1.63. The van der Waals surface area contributed by atoms with Gasteiger partial charge >= 0.3 is 5.97 Å². The van der Waals surface area contributed by atoms with E-state index < -0.39 is 12.1 Å². The number of carboxylic acid groups (broad SMARTS) is 1. The third-order valence-corrected chi connectivity index (χ3v) is 6.96. The summed E-state index contributed by atoms with van der Waals surface area (Å²) in [5.74, 6) is -0.113. The number of hydrogen-bond acceptors (Lipinski definition) is 7. The van der Waals surface area contributed by atoms with Crippen LogP contribution in [-0.2, 0) is 4.79 Å². The number of pyridine rings is 2. The van der Waals surface area contributed by atoms with E-state index in [4.69, 9.17) is 4.74 Å². The number of hydrogen-bond donors (Lipinski definition) is 4. The van der Waals surface area contributed by atoms with Gasteiger partial charge in [-0.25, -0.2) is 4.98 Å². The molecule has 1 fully saturated rings. The Balaban J connectivity index is 0.00000178. The average Bonchev–Trinajstić information content (AvgIpc) is 3.33. The third kappa shape index (κ3) is 7.72. The van der Waals surface area contributed by atoms with Crippen LogP contribution in [-0.4, -0.2) is 68.8 Å². The first kappa shape index (κ1) is 32.6. The lowest BCUT2D eigenvalue weighted by atomic mass is 9.99. The number of aromatic nitrogens is 3. The van der Waals surface area contributed by atoms with Gasteiger partial charge in [0.15, 0.2) is 0 Å². The maximum atomic E-state index is 11.6. The fraction of sp³-hybridized carbons (Fsp3) is 0.370. The average molecular weight is 599 g/mol. The van der Waals surface area contributed by atoms with Gasteiger partial charge < -0.3 is 30.2 Å². The van der Waals surface area contributed by atoms with Crippen LogP contribution < -0.4 is 10.1 Å². The van der Waals surface area contributed by atoms with Crippen molar-refractivity contribution in [2.24, 2.45) is 0 Å². The van der Waals surface area contributed by atoms with Crippen LogP contribution in [0.25, 0.3) is 21.9 Å². The highest BCUT2D eigenvalue weighted by Crippen LogP contribution is 2.28. The van der Waals surface area contributed by atoms with Crippen molar-refractivity contribution in [3.8, 4) is 5.75 Å². The smallest absolute Gasteiger partial charge is 0.305 e. The number of nitrogens with one attached hydrogen (secondary N) is 2. The SMILES string of the molecule is COc1ccc2nccc([C@@H](O)CN3CCC(NC(CC(=O)O)c4cc5cccnc5[nH]4)CC3)c2c1.Cl.Cl.Cl. The molecular formula is C27H34Cl3N5O4. The number of carboxylic acids is 1. The minimum absolute atomic E-state index is 0. The van der Waals surface area contributed by atoms with Gasteiger partial charge in [0, 0.05) is 41.4 Å². The largest absolute Gasteiger partial charge is 0.497 e.